The molecule has 1 heterocycles. The molecule has 2 atom stereocenters. The summed E-state index contributed by atoms with van der Waals surface area (Å²) in [5.74, 6) is 0.244. The molecular formula is C12H25NO3S. The van der Waals surface area contributed by atoms with Gasteiger partial charge in [-0.3, -0.25) is 0 Å². The fraction of sp³-hybridized carbons (Fsp3) is 1.00. The topological polar surface area (TPSA) is 55.4 Å². The van der Waals surface area contributed by atoms with E-state index in [1.807, 2.05) is 0 Å². The van der Waals surface area contributed by atoms with Crippen LogP contribution in [-0.2, 0) is 14.6 Å². The van der Waals surface area contributed by atoms with Gasteiger partial charge in [0.15, 0.2) is 0 Å². The second-order valence-electron chi connectivity index (χ2n) is 4.88. The smallest absolute Gasteiger partial charge is 0.147 e. The first-order valence-corrected chi connectivity index (χ1v) is 8.61. The van der Waals surface area contributed by atoms with Crippen LogP contribution in [0.1, 0.15) is 39.0 Å². The number of hydrogen-bond donors (Lipinski definition) is 1. The quantitative estimate of drug-likeness (QED) is 0.753. The number of rotatable bonds is 7. The van der Waals surface area contributed by atoms with Crippen LogP contribution in [0.4, 0.5) is 0 Å². The van der Waals surface area contributed by atoms with Crippen molar-refractivity contribution in [2.45, 2.75) is 51.2 Å². The summed E-state index contributed by atoms with van der Waals surface area (Å²) in [5, 5.41) is 3.42. The Morgan fingerprint density at radius 3 is 2.71 bits per heavy atom. The van der Waals surface area contributed by atoms with E-state index in [0.717, 1.165) is 32.4 Å². The van der Waals surface area contributed by atoms with Gasteiger partial charge in [0.25, 0.3) is 0 Å². The van der Waals surface area contributed by atoms with Crippen LogP contribution in [0.2, 0.25) is 0 Å². The van der Waals surface area contributed by atoms with E-state index >= 15 is 0 Å². The molecule has 0 bridgehead atoms. The van der Waals surface area contributed by atoms with Gasteiger partial charge in [-0.05, 0) is 38.6 Å². The normalized spacial score (nSPS) is 23.5. The van der Waals surface area contributed by atoms with Crippen molar-refractivity contribution in [3.63, 3.8) is 0 Å². The van der Waals surface area contributed by atoms with Crippen LogP contribution in [0.5, 0.6) is 0 Å². The van der Waals surface area contributed by atoms with Gasteiger partial charge in [0.1, 0.15) is 9.84 Å². The minimum Gasteiger partial charge on any atom is -0.377 e. The highest BCUT2D eigenvalue weighted by Crippen LogP contribution is 2.18. The van der Waals surface area contributed by atoms with Crippen LogP contribution >= 0.6 is 0 Å². The first-order chi connectivity index (χ1) is 8.03. The van der Waals surface area contributed by atoms with Gasteiger partial charge in [-0.2, -0.15) is 0 Å². The van der Waals surface area contributed by atoms with Crippen molar-refractivity contribution < 1.29 is 13.2 Å². The van der Waals surface area contributed by atoms with E-state index in [4.69, 9.17) is 4.74 Å². The van der Waals surface area contributed by atoms with Crippen molar-refractivity contribution in [2.24, 2.45) is 0 Å². The SMILES string of the molecule is CCCNC(CCS(C)(=O)=O)C1CCCCO1. The first kappa shape index (κ1) is 14.9. The molecule has 1 N–H and O–H groups in total. The van der Waals surface area contributed by atoms with E-state index in [-0.39, 0.29) is 17.9 Å². The average molecular weight is 263 g/mol. The first-order valence-electron chi connectivity index (χ1n) is 6.55. The summed E-state index contributed by atoms with van der Waals surface area (Å²) in [5.41, 5.74) is 0. The molecule has 0 radical (unpaired) electrons. The molecule has 102 valence electrons. The van der Waals surface area contributed by atoms with Gasteiger partial charge >= 0.3 is 0 Å². The van der Waals surface area contributed by atoms with Crippen LogP contribution in [-0.4, -0.2) is 45.7 Å². The average Bonchev–Trinajstić information content (AvgIpc) is 2.29. The third-order valence-electron chi connectivity index (χ3n) is 3.12. The Morgan fingerprint density at radius 1 is 1.41 bits per heavy atom. The van der Waals surface area contributed by atoms with Gasteiger partial charge < -0.3 is 10.1 Å². The molecule has 0 saturated carbocycles. The van der Waals surface area contributed by atoms with E-state index in [9.17, 15) is 8.42 Å². The van der Waals surface area contributed by atoms with Gasteiger partial charge in [0.05, 0.1) is 11.9 Å². The Kier molecular flexibility index (Phi) is 6.44. The lowest BCUT2D eigenvalue weighted by Gasteiger charge is -2.31. The fourth-order valence-corrected chi connectivity index (χ4v) is 2.86. The van der Waals surface area contributed by atoms with Crippen LogP contribution < -0.4 is 5.32 Å². The lowest BCUT2D eigenvalue weighted by atomic mass is 10.00. The van der Waals surface area contributed by atoms with Crippen LogP contribution in [0.3, 0.4) is 0 Å². The fourth-order valence-electron chi connectivity index (χ4n) is 2.17. The zero-order chi connectivity index (χ0) is 12.7. The molecular weight excluding hydrogens is 238 g/mol. The van der Waals surface area contributed by atoms with Crippen LogP contribution in [0.25, 0.3) is 0 Å². The Bertz CT molecular complexity index is 297. The summed E-state index contributed by atoms with van der Waals surface area (Å²) in [6.07, 6.45) is 6.57. The molecule has 0 aromatic carbocycles. The Labute approximate surface area is 105 Å². The zero-order valence-electron chi connectivity index (χ0n) is 10.9. The van der Waals surface area contributed by atoms with Crippen molar-refractivity contribution in [1.82, 2.24) is 5.32 Å². The molecule has 1 aliphatic heterocycles. The summed E-state index contributed by atoms with van der Waals surface area (Å²) in [4.78, 5) is 0. The molecule has 0 aromatic rings. The maximum absolute atomic E-state index is 11.2. The molecule has 2 unspecified atom stereocenters. The van der Waals surface area contributed by atoms with Gasteiger partial charge in [0, 0.05) is 18.9 Å². The largest absolute Gasteiger partial charge is 0.377 e. The molecule has 1 aliphatic rings. The van der Waals surface area contributed by atoms with Gasteiger partial charge in [-0.1, -0.05) is 6.92 Å². The number of hydrogen-bond acceptors (Lipinski definition) is 4. The number of ether oxygens (including phenoxy) is 1. The van der Waals surface area contributed by atoms with Crippen LogP contribution in [0.15, 0.2) is 0 Å². The summed E-state index contributed by atoms with van der Waals surface area (Å²) in [6.45, 7) is 3.85. The highest BCUT2D eigenvalue weighted by atomic mass is 32.2. The lowest BCUT2D eigenvalue weighted by molar-refractivity contribution is -0.00803. The minimum absolute atomic E-state index is 0.185. The molecule has 4 nitrogen and oxygen atoms in total. The lowest BCUT2D eigenvalue weighted by Crippen LogP contribution is -2.44. The van der Waals surface area contributed by atoms with E-state index in [0.29, 0.717) is 6.42 Å². The second kappa shape index (κ2) is 7.34. The van der Waals surface area contributed by atoms with E-state index in [2.05, 4.69) is 12.2 Å². The van der Waals surface area contributed by atoms with Gasteiger partial charge in [-0.15, -0.1) is 0 Å². The molecule has 1 rings (SSSR count). The highest BCUT2D eigenvalue weighted by Gasteiger charge is 2.24. The third kappa shape index (κ3) is 6.38. The number of sulfone groups is 1. The molecule has 0 aliphatic carbocycles. The van der Waals surface area contributed by atoms with Crippen LogP contribution in [0, 0.1) is 0 Å². The van der Waals surface area contributed by atoms with Crippen molar-refractivity contribution in [3.8, 4) is 0 Å². The molecule has 0 spiro atoms. The molecule has 1 fully saturated rings. The van der Waals surface area contributed by atoms with Gasteiger partial charge in [-0.25, -0.2) is 8.42 Å². The monoisotopic (exact) mass is 263 g/mol. The maximum Gasteiger partial charge on any atom is 0.147 e. The van der Waals surface area contributed by atoms with Crippen molar-refractivity contribution in [1.29, 1.82) is 0 Å². The molecule has 0 aromatic heterocycles. The molecule has 5 heteroatoms. The molecule has 17 heavy (non-hydrogen) atoms. The minimum atomic E-state index is -2.88. The summed E-state index contributed by atoms with van der Waals surface area (Å²) < 4.78 is 28.2. The molecule has 0 amide bonds. The maximum atomic E-state index is 11.2. The second-order valence-corrected chi connectivity index (χ2v) is 7.14. The van der Waals surface area contributed by atoms with Gasteiger partial charge in [0.2, 0.25) is 0 Å². The predicted molar refractivity (Wildman–Crippen MR) is 70.0 cm³/mol. The van der Waals surface area contributed by atoms with E-state index in [1.54, 1.807) is 0 Å². The van der Waals surface area contributed by atoms with Crippen molar-refractivity contribution >= 4 is 9.84 Å². The Morgan fingerprint density at radius 2 is 2.18 bits per heavy atom. The zero-order valence-corrected chi connectivity index (χ0v) is 11.8. The van der Waals surface area contributed by atoms with E-state index < -0.39 is 9.84 Å². The Balaban J connectivity index is 2.46. The highest BCUT2D eigenvalue weighted by molar-refractivity contribution is 7.90. The Hall–Kier alpha value is -0.130. The standard InChI is InChI=1S/C12H25NO3S/c1-3-8-13-11(7-10-17(2,14)15)12-6-4-5-9-16-12/h11-13H,3-10H2,1-2H3. The number of nitrogens with one attached hydrogen (secondary N) is 1. The molecule has 1 saturated heterocycles. The summed E-state index contributed by atoms with van der Waals surface area (Å²) in [6, 6.07) is 0.185. The summed E-state index contributed by atoms with van der Waals surface area (Å²) in [7, 11) is -2.88. The van der Waals surface area contributed by atoms with E-state index in [1.165, 1.54) is 12.7 Å². The van der Waals surface area contributed by atoms with Crippen molar-refractivity contribution in [3.05, 3.63) is 0 Å². The predicted octanol–water partition coefficient (Wildman–Crippen LogP) is 1.36. The van der Waals surface area contributed by atoms with Crippen molar-refractivity contribution in [2.75, 3.05) is 25.2 Å². The third-order valence-corrected chi connectivity index (χ3v) is 4.10. The summed E-state index contributed by atoms with van der Waals surface area (Å²) >= 11 is 0.